The van der Waals surface area contributed by atoms with Crippen molar-refractivity contribution in [2.75, 3.05) is 0 Å². The molecule has 4 nitrogen and oxygen atoms in total. The van der Waals surface area contributed by atoms with E-state index >= 15 is 0 Å². The van der Waals surface area contributed by atoms with Gasteiger partial charge in [-0.3, -0.25) is 0 Å². The highest BCUT2D eigenvalue weighted by Crippen LogP contribution is 2.32. The van der Waals surface area contributed by atoms with Crippen molar-refractivity contribution in [1.82, 2.24) is 15.5 Å². The predicted molar refractivity (Wildman–Crippen MR) is 77.8 cm³/mol. The number of fused-ring (bicyclic) bond motifs is 2. The summed E-state index contributed by atoms with van der Waals surface area (Å²) in [6, 6.07) is 5.64. The normalized spacial score (nSPS) is 28.9. The van der Waals surface area contributed by atoms with Crippen LogP contribution in [0, 0.1) is 5.92 Å². The predicted octanol–water partition coefficient (Wildman–Crippen LogP) is 2.79. The molecule has 2 aromatic rings. The Hall–Kier alpha value is -1.20. The average molecular weight is 289 g/mol. The first kappa shape index (κ1) is 12.5. The number of rotatable bonds is 4. The molecule has 2 unspecified atom stereocenters. The monoisotopic (exact) mass is 289 g/mol. The first-order chi connectivity index (χ1) is 9.85. The lowest BCUT2D eigenvalue weighted by Gasteiger charge is -2.27. The van der Waals surface area contributed by atoms with Crippen LogP contribution < -0.4 is 5.32 Å². The summed E-state index contributed by atoms with van der Waals surface area (Å²) in [6.45, 7) is 0. The van der Waals surface area contributed by atoms with E-state index in [4.69, 9.17) is 4.52 Å². The molecule has 2 fully saturated rings. The van der Waals surface area contributed by atoms with Gasteiger partial charge in [-0.1, -0.05) is 11.2 Å². The van der Waals surface area contributed by atoms with E-state index in [9.17, 15) is 0 Å². The van der Waals surface area contributed by atoms with Crippen molar-refractivity contribution >= 4 is 11.3 Å². The topological polar surface area (TPSA) is 51.0 Å². The number of piperidine rings is 1. The number of thiophene rings is 1. The minimum absolute atomic E-state index is 0.712. The molecule has 0 aliphatic carbocycles. The summed E-state index contributed by atoms with van der Waals surface area (Å²) in [6.07, 6.45) is 6.95. The number of nitrogens with one attached hydrogen (secondary N) is 1. The number of hydrogen-bond acceptors (Lipinski definition) is 5. The number of nitrogens with zero attached hydrogens (tertiary/aromatic N) is 2. The van der Waals surface area contributed by atoms with Crippen LogP contribution in [0.3, 0.4) is 0 Å². The van der Waals surface area contributed by atoms with Gasteiger partial charge in [0.15, 0.2) is 5.82 Å². The molecule has 4 rings (SSSR count). The van der Waals surface area contributed by atoms with Crippen molar-refractivity contribution in [3.8, 4) is 0 Å². The SMILES string of the molecule is c1csc(Cc2noc(CC3CC4CCC(C3)N4)n2)c1. The molecule has 0 saturated carbocycles. The Kier molecular flexibility index (Phi) is 3.32. The quantitative estimate of drug-likeness (QED) is 0.940. The van der Waals surface area contributed by atoms with E-state index in [1.54, 1.807) is 11.3 Å². The van der Waals surface area contributed by atoms with Crippen LogP contribution in [0.1, 0.15) is 42.3 Å². The maximum atomic E-state index is 5.43. The summed E-state index contributed by atoms with van der Waals surface area (Å²) < 4.78 is 5.43. The van der Waals surface area contributed by atoms with E-state index in [1.807, 2.05) is 0 Å². The highest BCUT2D eigenvalue weighted by atomic mass is 32.1. The van der Waals surface area contributed by atoms with Crippen LogP contribution in [0.2, 0.25) is 0 Å². The lowest BCUT2D eigenvalue weighted by Crippen LogP contribution is -2.38. The van der Waals surface area contributed by atoms with Crippen molar-refractivity contribution in [2.45, 2.75) is 50.6 Å². The Balaban J connectivity index is 1.38. The summed E-state index contributed by atoms with van der Waals surface area (Å²) in [5, 5.41) is 9.88. The van der Waals surface area contributed by atoms with E-state index in [2.05, 4.69) is 33.0 Å². The van der Waals surface area contributed by atoms with E-state index in [1.165, 1.54) is 30.6 Å². The molecule has 2 aromatic heterocycles. The molecule has 2 bridgehead atoms. The van der Waals surface area contributed by atoms with Gasteiger partial charge in [-0.25, -0.2) is 0 Å². The van der Waals surface area contributed by atoms with Crippen molar-refractivity contribution in [3.63, 3.8) is 0 Å². The fraction of sp³-hybridized carbons (Fsp3) is 0.600. The molecule has 2 aliphatic rings. The van der Waals surface area contributed by atoms with E-state index < -0.39 is 0 Å². The molecule has 2 atom stereocenters. The Morgan fingerprint density at radius 3 is 2.90 bits per heavy atom. The second kappa shape index (κ2) is 5.30. The van der Waals surface area contributed by atoms with Gasteiger partial charge in [0.2, 0.25) is 5.89 Å². The van der Waals surface area contributed by atoms with Gasteiger partial charge in [0, 0.05) is 29.8 Å². The molecule has 4 heterocycles. The van der Waals surface area contributed by atoms with Crippen molar-refractivity contribution < 1.29 is 4.52 Å². The third kappa shape index (κ3) is 2.65. The molecule has 20 heavy (non-hydrogen) atoms. The smallest absolute Gasteiger partial charge is 0.226 e. The van der Waals surface area contributed by atoms with Gasteiger partial charge < -0.3 is 9.84 Å². The molecule has 5 heteroatoms. The van der Waals surface area contributed by atoms with E-state index in [0.29, 0.717) is 5.92 Å². The van der Waals surface area contributed by atoms with Crippen LogP contribution in [0.4, 0.5) is 0 Å². The van der Waals surface area contributed by atoms with Gasteiger partial charge in [0.05, 0.1) is 0 Å². The Bertz CT molecular complexity index is 553. The third-order valence-electron chi connectivity index (χ3n) is 4.46. The Morgan fingerprint density at radius 1 is 1.30 bits per heavy atom. The first-order valence-corrected chi connectivity index (χ1v) is 8.33. The molecule has 2 saturated heterocycles. The Labute approximate surface area is 122 Å². The minimum atomic E-state index is 0.712. The van der Waals surface area contributed by atoms with Gasteiger partial charge in [-0.05, 0) is 43.0 Å². The van der Waals surface area contributed by atoms with Gasteiger partial charge in [0.1, 0.15) is 0 Å². The lowest BCUT2D eigenvalue weighted by molar-refractivity contribution is 0.270. The molecule has 0 radical (unpaired) electrons. The van der Waals surface area contributed by atoms with Crippen molar-refractivity contribution in [1.29, 1.82) is 0 Å². The molecule has 0 aromatic carbocycles. The largest absolute Gasteiger partial charge is 0.339 e. The fourth-order valence-corrected chi connectivity index (χ4v) is 4.30. The summed E-state index contributed by atoms with van der Waals surface area (Å²) in [4.78, 5) is 5.85. The highest BCUT2D eigenvalue weighted by molar-refractivity contribution is 7.09. The Morgan fingerprint density at radius 2 is 2.15 bits per heavy atom. The van der Waals surface area contributed by atoms with E-state index in [0.717, 1.165) is 36.6 Å². The zero-order chi connectivity index (χ0) is 13.4. The van der Waals surface area contributed by atoms with Gasteiger partial charge in [-0.15, -0.1) is 11.3 Å². The molecule has 0 amide bonds. The second-order valence-electron chi connectivity index (χ2n) is 6.04. The maximum Gasteiger partial charge on any atom is 0.226 e. The molecule has 106 valence electrons. The van der Waals surface area contributed by atoms with E-state index in [-0.39, 0.29) is 0 Å². The maximum absolute atomic E-state index is 5.43. The average Bonchev–Trinajstić information content (AvgIpc) is 3.14. The van der Waals surface area contributed by atoms with Crippen LogP contribution in [0.5, 0.6) is 0 Å². The van der Waals surface area contributed by atoms with Crippen molar-refractivity contribution in [2.24, 2.45) is 5.92 Å². The molecular formula is C15H19N3OS. The zero-order valence-electron chi connectivity index (χ0n) is 11.4. The second-order valence-corrected chi connectivity index (χ2v) is 7.07. The van der Waals surface area contributed by atoms with Crippen LogP contribution in [0.15, 0.2) is 22.0 Å². The van der Waals surface area contributed by atoms with Crippen LogP contribution in [0.25, 0.3) is 0 Å². The van der Waals surface area contributed by atoms with Gasteiger partial charge in [0.25, 0.3) is 0 Å². The lowest BCUT2D eigenvalue weighted by atomic mass is 9.90. The molecule has 1 N–H and O–H groups in total. The third-order valence-corrected chi connectivity index (χ3v) is 5.33. The van der Waals surface area contributed by atoms with Crippen LogP contribution in [-0.2, 0) is 12.8 Å². The summed E-state index contributed by atoms with van der Waals surface area (Å²) >= 11 is 1.74. The first-order valence-electron chi connectivity index (χ1n) is 7.45. The summed E-state index contributed by atoms with van der Waals surface area (Å²) in [5.74, 6) is 2.35. The summed E-state index contributed by atoms with van der Waals surface area (Å²) in [7, 11) is 0. The van der Waals surface area contributed by atoms with Crippen LogP contribution in [-0.4, -0.2) is 22.2 Å². The minimum Gasteiger partial charge on any atom is -0.339 e. The number of hydrogen-bond donors (Lipinski definition) is 1. The van der Waals surface area contributed by atoms with Gasteiger partial charge >= 0.3 is 0 Å². The standard InChI is InChI=1S/C15H19N3OS/c1-2-13(20-5-1)9-14-17-15(19-18-14)8-10-6-11-3-4-12(7-10)16-11/h1-2,5,10-12,16H,3-4,6-9H2. The van der Waals surface area contributed by atoms with Crippen molar-refractivity contribution in [3.05, 3.63) is 34.1 Å². The zero-order valence-corrected chi connectivity index (χ0v) is 12.2. The highest BCUT2D eigenvalue weighted by Gasteiger charge is 2.34. The number of aromatic nitrogens is 2. The molecule has 2 aliphatic heterocycles. The fourth-order valence-electron chi connectivity index (χ4n) is 3.60. The molecular weight excluding hydrogens is 270 g/mol. The summed E-state index contributed by atoms with van der Waals surface area (Å²) in [5.41, 5.74) is 0. The molecule has 0 spiro atoms. The van der Waals surface area contributed by atoms with Gasteiger partial charge in [-0.2, -0.15) is 4.98 Å². The van der Waals surface area contributed by atoms with Crippen LogP contribution >= 0.6 is 11.3 Å².